The lowest BCUT2D eigenvalue weighted by Gasteiger charge is -2.30. The topological polar surface area (TPSA) is 72.4 Å². The highest BCUT2D eigenvalue weighted by Gasteiger charge is 2.32. The minimum absolute atomic E-state index is 0.148. The first-order chi connectivity index (χ1) is 15.4. The van der Waals surface area contributed by atoms with Gasteiger partial charge in [-0.15, -0.1) is 10.2 Å². The lowest BCUT2D eigenvalue weighted by molar-refractivity contribution is -0.137. The zero-order chi connectivity index (χ0) is 22.3. The quantitative estimate of drug-likeness (QED) is 0.419. The number of aromatic nitrogens is 2. The van der Waals surface area contributed by atoms with Crippen molar-refractivity contribution >= 4 is 16.9 Å². The van der Waals surface area contributed by atoms with Gasteiger partial charge >= 0.3 is 6.18 Å². The Labute approximate surface area is 180 Å². The summed E-state index contributed by atoms with van der Waals surface area (Å²) in [7, 11) is 0. The van der Waals surface area contributed by atoms with Gasteiger partial charge in [0.25, 0.3) is 5.91 Å². The second-order valence-corrected chi connectivity index (χ2v) is 7.76. The molecule has 1 aliphatic heterocycles. The number of furan rings is 1. The van der Waals surface area contributed by atoms with Crippen molar-refractivity contribution in [2.45, 2.75) is 24.9 Å². The molecule has 164 valence electrons. The summed E-state index contributed by atoms with van der Waals surface area (Å²) in [6, 6.07) is 13.7. The Morgan fingerprint density at radius 1 is 1.03 bits per heavy atom. The highest BCUT2D eigenvalue weighted by Crippen LogP contribution is 2.32. The third-order valence-corrected chi connectivity index (χ3v) is 5.59. The lowest BCUT2D eigenvalue weighted by Crippen LogP contribution is -2.39. The Bertz CT molecular complexity index is 1230. The monoisotopic (exact) mass is 441 g/mol. The van der Waals surface area contributed by atoms with Gasteiger partial charge in [-0.1, -0.05) is 18.2 Å². The number of hydrogen-bond acceptors (Lipinski definition) is 5. The molecule has 6 nitrogen and oxygen atoms in total. The molecule has 5 rings (SSSR count). The molecule has 0 spiro atoms. The number of piperidine rings is 1. The molecule has 1 amide bonds. The highest BCUT2D eigenvalue weighted by atomic mass is 19.4. The molecule has 1 aliphatic rings. The van der Waals surface area contributed by atoms with Crippen LogP contribution in [0, 0.1) is 0 Å². The maximum Gasteiger partial charge on any atom is 0.416 e. The first-order valence-electron chi connectivity index (χ1n) is 10.2. The molecule has 1 unspecified atom stereocenters. The predicted molar refractivity (Wildman–Crippen MR) is 109 cm³/mol. The fraction of sp³-hybridized carbons (Fsp3) is 0.261. The van der Waals surface area contributed by atoms with Crippen molar-refractivity contribution in [3.05, 3.63) is 71.8 Å². The minimum atomic E-state index is -4.41. The summed E-state index contributed by atoms with van der Waals surface area (Å²) in [6.07, 6.45) is -2.89. The number of rotatable bonds is 3. The van der Waals surface area contributed by atoms with Crippen LogP contribution < -0.4 is 0 Å². The normalized spacial score (nSPS) is 17.1. The number of para-hydroxylation sites is 1. The first kappa shape index (κ1) is 20.3. The first-order valence-corrected chi connectivity index (χ1v) is 10.2. The van der Waals surface area contributed by atoms with Crippen molar-refractivity contribution in [1.82, 2.24) is 15.1 Å². The fourth-order valence-electron chi connectivity index (χ4n) is 3.92. The van der Waals surface area contributed by atoms with Gasteiger partial charge in [-0.2, -0.15) is 13.2 Å². The van der Waals surface area contributed by atoms with Crippen LogP contribution in [-0.4, -0.2) is 34.1 Å². The number of likely N-dealkylation sites (tertiary alicyclic amines) is 1. The van der Waals surface area contributed by atoms with Crippen LogP contribution in [0.4, 0.5) is 13.2 Å². The van der Waals surface area contributed by atoms with Crippen LogP contribution in [-0.2, 0) is 6.18 Å². The van der Waals surface area contributed by atoms with Crippen LogP contribution >= 0.6 is 0 Å². The summed E-state index contributed by atoms with van der Waals surface area (Å²) < 4.78 is 49.7. The molecular formula is C23H18F3N3O3. The average Bonchev–Trinajstić information content (AvgIpc) is 3.46. The molecular weight excluding hydrogens is 423 g/mol. The fourth-order valence-corrected chi connectivity index (χ4v) is 3.92. The van der Waals surface area contributed by atoms with Crippen LogP contribution in [0.25, 0.3) is 22.4 Å². The van der Waals surface area contributed by atoms with Gasteiger partial charge < -0.3 is 13.7 Å². The third kappa shape index (κ3) is 3.86. The molecule has 32 heavy (non-hydrogen) atoms. The number of amides is 1. The van der Waals surface area contributed by atoms with Gasteiger partial charge in [0.15, 0.2) is 5.76 Å². The highest BCUT2D eigenvalue weighted by molar-refractivity contribution is 5.96. The van der Waals surface area contributed by atoms with Crippen molar-refractivity contribution in [2.75, 3.05) is 13.1 Å². The molecule has 3 heterocycles. The van der Waals surface area contributed by atoms with E-state index in [-0.39, 0.29) is 23.5 Å². The van der Waals surface area contributed by atoms with E-state index in [0.717, 1.165) is 30.4 Å². The molecule has 0 aliphatic carbocycles. The second kappa shape index (κ2) is 7.81. The molecule has 4 aromatic rings. The molecule has 9 heteroatoms. The van der Waals surface area contributed by atoms with E-state index in [0.29, 0.717) is 30.1 Å². The maximum atomic E-state index is 13.0. The van der Waals surface area contributed by atoms with Crippen LogP contribution in [0.2, 0.25) is 0 Å². The number of carbonyl (C=O) groups is 1. The summed E-state index contributed by atoms with van der Waals surface area (Å²) in [5.41, 5.74) is 0.318. The Hall–Kier alpha value is -3.62. The molecule has 0 saturated carbocycles. The van der Waals surface area contributed by atoms with Gasteiger partial charge in [-0.3, -0.25) is 4.79 Å². The van der Waals surface area contributed by atoms with Crippen molar-refractivity contribution in [3.63, 3.8) is 0 Å². The largest absolute Gasteiger partial charge is 0.451 e. The van der Waals surface area contributed by atoms with E-state index >= 15 is 0 Å². The van der Waals surface area contributed by atoms with Gasteiger partial charge in [0.05, 0.1) is 11.5 Å². The lowest BCUT2D eigenvalue weighted by atomic mass is 9.98. The van der Waals surface area contributed by atoms with E-state index in [1.54, 1.807) is 11.0 Å². The Morgan fingerprint density at radius 2 is 1.81 bits per heavy atom. The number of alkyl halides is 3. The standard InChI is InChI=1S/C23H18F3N3O3/c24-23(25,26)17-9-7-14(8-10-17)20-27-28-21(32-20)16-5-3-11-29(13-16)22(30)19-12-15-4-1-2-6-18(15)31-19/h1-2,4,6-10,12,16H,3,5,11,13H2. The van der Waals surface area contributed by atoms with Crippen molar-refractivity contribution in [1.29, 1.82) is 0 Å². The molecule has 2 aromatic heterocycles. The Balaban J connectivity index is 1.31. The molecule has 0 radical (unpaired) electrons. The number of fused-ring (bicyclic) bond motifs is 1. The van der Waals surface area contributed by atoms with E-state index in [4.69, 9.17) is 8.83 Å². The summed E-state index contributed by atoms with van der Waals surface area (Å²) >= 11 is 0. The molecule has 0 bridgehead atoms. The number of benzene rings is 2. The maximum absolute atomic E-state index is 13.0. The molecule has 1 fully saturated rings. The Morgan fingerprint density at radius 3 is 2.56 bits per heavy atom. The van der Waals surface area contributed by atoms with Gasteiger partial charge in [0.1, 0.15) is 5.58 Å². The summed E-state index contributed by atoms with van der Waals surface area (Å²) in [6.45, 7) is 0.983. The van der Waals surface area contributed by atoms with Crippen molar-refractivity contribution in [3.8, 4) is 11.5 Å². The number of nitrogens with zero attached hydrogens (tertiary/aromatic N) is 3. The van der Waals surface area contributed by atoms with Crippen molar-refractivity contribution < 1.29 is 26.8 Å². The second-order valence-electron chi connectivity index (χ2n) is 7.76. The van der Waals surface area contributed by atoms with Gasteiger partial charge in [-0.25, -0.2) is 0 Å². The number of hydrogen-bond donors (Lipinski definition) is 0. The van der Waals surface area contributed by atoms with Gasteiger partial charge in [-0.05, 0) is 49.2 Å². The summed E-state index contributed by atoms with van der Waals surface area (Å²) in [5, 5.41) is 8.94. The summed E-state index contributed by atoms with van der Waals surface area (Å²) in [4.78, 5) is 14.7. The van der Waals surface area contributed by atoms with E-state index in [1.165, 1.54) is 12.1 Å². The number of carbonyl (C=O) groups excluding carboxylic acids is 1. The van der Waals surface area contributed by atoms with Gasteiger partial charge in [0.2, 0.25) is 11.8 Å². The van der Waals surface area contributed by atoms with Crippen LogP contribution in [0.5, 0.6) is 0 Å². The molecule has 1 atom stereocenters. The smallest absolute Gasteiger partial charge is 0.416 e. The third-order valence-electron chi connectivity index (χ3n) is 5.59. The van der Waals surface area contributed by atoms with Crippen LogP contribution in [0.3, 0.4) is 0 Å². The summed E-state index contributed by atoms with van der Waals surface area (Å²) in [5.74, 6) is 0.431. The predicted octanol–water partition coefficient (Wildman–Crippen LogP) is 5.52. The van der Waals surface area contributed by atoms with Crippen LogP contribution in [0.15, 0.2) is 63.4 Å². The van der Waals surface area contributed by atoms with Gasteiger partial charge in [0, 0.05) is 24.0 Å². The average molecular weight is 441 g/mol. The van der Waals surface area contributed by atoms with E-state index in [1.807, 2.05) is 24.3 Å². The SMILES string of the molecule is O=C(c1cc2ccccc2o1)N1CCCC(c2nnc(-c3ccc(C(F)(F)F)cc3)o2)C1. The van der Waals surface area contributed by atoms with Crippen molar-refractivity contribution in [2.24, 2.45) is 0 Å². The Kier molecular flexibility index (Phi) is 4.96. The minimum Gasteiger partial charge on any atom is -0.451 e. The molecule has 2 aromatic carbocycles. The number of halogens is 3. The molecule has 0 N–H and O–H groups in total. The molecule has 1 saturated heterocycles. The zero-order valence-corrected chi connectivity index (χ0v) is 16.8. The zero-order valence-electron chi connectivity index (χ0n) is 16.8. The van der Waals surface area contributed by atoms with E-state index in [9.17, 15) is 18.0 Å². The van der Waals surface area contributed by atoms with E-state index < -0.39 is 11.7 Å². The van der Waals surface area contributed by atoms with E-state index in [2.05, 4.69) is 10.2 Å². The van der Waals surface area contributed by atoms with Crippen LogP contribution in [0.1, 0.15) is 40.8 Å².